The summed E-state index contributed by atoms with van der Waals surface area (Å²) in [4.78, 5) is 27.1. The number of benzene rings is 3. The molecule has 5 nitrogen and oxygen atoms in total. The molecule has 160 valence electrons. The Morgan fingerprint density at radius 2 is 1.75 bits per heavy atom. The molecule has 0 aliphatic carbocycles. The predicted molar refractivity (Wildman–Crippen MR) is 133 cm³/mol. The first kappa shape index (κ1) is 21.8. The lowest BCUT2D eigenvalue weighted by Gasteiger charge is -2.14. The number of thioether (sulfide) groups is 1. The first-order valence-electron chi connectivity index (χ1n) is 9.93. The van der Waals surface area contributed by atoms with E-state index in [9.17, 15) is 9.59 Å². The van der Waals surface area contributed by atoms with Gasteiger partial charge in [-0.1, -0.05) is 72.0 Å². The largest absolute Gasteiger partial charge is 0.457 e. The predicted octanol–water partition coefficient (Wildman–Crippen LogP) is 5.63. The number of rotatable bonds is 6. The summed E-state index contributed by atoms with van der Waals surface area (Å²) >= 11 is 6.53. The van der Waals surface area contributed by atoms with Crippen LogP contribution in [-0.2, 0) is 9.59 Å². The Kier molecular flexibility index (Phi) is 6.68. The summed E-state index contributed by atoms with van der Waals surface area (Å²) in [6.45, 7) is 1.84. The number of hydrogen-bond donors (Lipinski definition) is 1. The van der Waals surface area contributed by atoms with Crippen LogP contribution < -0.4 is 10.1 Å². The van der Waals surface area contributed by atoms with Crippen LogP contribution in [-0.4, -0.2) is 27.6 Å². The number of para-hydroxylation sites is 1. The van der Waals surface area contributed by atoms with Crippen molar-refractivity contribution in [2.24, 2.45) is 0 Å². The van der Waals surface area contributed by atoms with Crippen molar-refractivity contribution >= 4 is 51.9 Å². The van der Waals surface area contributed by atoms with Crippen molar-refractivity contribution in [2.45, 2.75) is 6.92 Å². The van der Waals surface area contributed by atoms with Crippen molar-refractivity contribution in [2.75, 3.05) is 11.9 Å². The van der Waals surface area contributed by atoms with Gasteiger partial charge in [-0.2, -0.15) is 0 Å². The molecule has 0 spiro atoms. The first-order valence-corrected chi connectivity index (χ1v) is 11.2. The van der Waals surface area contributed by atoms with E-state index in [1.54, 1.807) is 6.08 Å². The quantitative estimate of drug-likeness (QED) is 0.382. The fourth-order valence-electron chi connectivity index (χ4n) is 3.06. The van der Waals surface area contributed by atoms with Crippen molar-refractivity contribution in [3.63, 3.8) is 0 Å². The molecule has 7 heteroatoms. The molecule has 1 aliphatic heterocycles. The molecular formula is C25H20N2O3S2. The molecule has 0 atom stereocenters. The van der Waals surface area contributed by atoms with Gasteiger partial charge in [-0.3, -0.25) is 14.5 Å². The Balaban J connectivity index is 1.43. The minimum absolute atomic E-state index is 0.132. The highest BCUT2D eigenvalue weighted by molar-refractivity contribution is 8.26. The fraction of sp³-hybridized carbons (Fsp3) is 0.0800. The van der Waals surface area contributed by atoms with Gasteiger partial charge in [0.25, 0.3) is 5.91 Å². The Bertz CT molecular complexity index is 1190. The van der Waals surface area contributed by atoms with Crippen LogP contribution in [0.5, 0.6) is 11.5 Å². The summed E-state index contributed by atoms with van der Waals surface area (Å²) in [7, 11) is 0. The highest BCUT2D eigenvalue weighted by Crippen LogP contribution is 2.33. The molecule has 1 heterocycles. The Morgan fingerprint density at radius 1 is 1.03 bits per heavy atom. The molecule has 3 aromatic rings. The van der Waals surface area contributed by atoms with Gasteiger partial charge < -0.3 is 10.1 Å². The Hall–Kier alpha value is -3.42. The first-order chi connectivity index (χ1) is 15.5. The molecule has 1 aliphatic rings. The van der Waals surface area contributed by atoms with Gasteiger partial charge in [0.15, 0.2) is 0 Å². The summed E-state index contributed by atoms with van der Waals surface area (Å²) in [6, 6.07) is 24.4. The Morgan fingerprint density at radius 3 is 2.50 bits per heavy atom. The van der Waals surface area contributed by atoms with Gasteiger partial charge in [0.05, 0.1) is 4.91 Å². The molecule has 1 fully saturated rings. The molecule has 3 aromatic carbocycles. The van der Waals surface area contributed by atoms with E-state index in [1.165, 1.54) is 16.7 Å². The smallest absolute Gasteiger partial charge is 0.266 e. The lowest BCUT2D eigenvalue weighted by molar-refractivity contribution is -0.126. The van der Waals surface area contributed by atoms with Crippen LogP contribution >= 0.6 is 24.0 Å². The third-order valence-electron chi connectivity index (χ3n) is 4.65. The molecule has 0 bridgehead atoms. The van der Waals surface area contributed by atoms with E-state index in [1.807, 2.05) is 85.8 Å². The molecule has 32 heavy (non-hydrogen) atoms. The van der Waals surface area contributed by atoms with Crippen molar-refractivity contribution in [1.29, 1.82) is 0 Å². The van der Waals surface area contributed by atoms with Gasteiger partial charge in [-0.25, -0.2) is 0 Å². The standard InChI is InChI=1S/C25H20N2O3S2/c1-17-10-12-19(13-11-17)26-23(28)16-27-24(29)22(32-25(27)31)15-18-6-5-9-21(14-18)30-20-7-3-2-4-8-20/h2-15H,16H2,1H3,(H,26,28)/b22-15-. The van der Waals surface area contributed by atoms with Crippen LogP contribution in [0.1, 0.15) is 11.1 Å². The van der Waals surface area contributed by atoms with Crippen molar-refractivity contribution < 1.29 is 14.3 Å². The summed E-state index contributed by atoms with van der Waals surface area (Å²) in [5, 5.41) is 2.79. The van der Waals surface area contributed by atoms with Crippen molar-refractivity contribution in [3.05, 3.63) is 94.9 Å². The summed E-state index contributed by atoms with van der Waals surface area (Å²) in [5.74, 6) is 0.812. The van der Waals surface area contributed by atoms with Gasteiger partial charge in [0, 0.05) is 5.69 Å². The van der Waals surface area contributed by atoms with Crippen molar-refractivity contribution in [3.8, 4) is 11.5 Å². The van der Waals surface area contributed by atoms with E-state index < -0.39 is 0 Å². The van der Waals surface area contributed by atoms with Crippen molar-refractivity contribution in [1.82, 2.24) is 4.90 Å². The molecule has 2 amide bonds. The molecule has 0 aromatic heterocycles. The van der Waals surface area contributed by atoms with Gasteiger partial charge >= 0.3 is 0 Å². The van der Waals surface area contributed by atoms with Gasteiger partial charge in [-0.15, -0.1) is 0 Å². The highest BCUT2D eigenvalue weighted by Gasteiger charge is 2.33. The van der Waals surface area contributed by atoms with E-state index in [0.29, 0.717) is 20.7 Å². The second kappa shape index (κ2) is 9.80. The summed E-state index contributed by atoms with van der Waals surface area (Å²) in [6.07, 6.45) is 1.76. The van der Waals surface area contributed by atoms with Crippen LogP contribution in [0.4, 0.5) is 5.69 Å². The number of aryl methyl sites for hydroxylation is 1. The number of nitrogens with one attached hydrogen (secondary N) is 1. The van der Waals surface area contributed by atoms with Crippen LogP contribution in [0.2, 0.25) is 0 Å². The zero-order valence-corrected chi connectivity index (χ0v) is 18.9. The fourth-order valence-corrected chi connectivity index (χ4v) is 4.32. The third-order valence-corrected chi connectivity index (χ3v) is 6.02. The average molecular weight is 461 g/mol. The maximum absolute atomic E-state index is 12.9. The number of anilines is 1. The SMILES string of the molecule is Cc1ccc(NC(=O)CN2C(=O)/C(=C/c3cccc(Oc4ccccc4)c3)SC2=S)cc1. The van der Waals surface area contributed by atoms with E-state index in [2.05, 4.69) is 5.32 Å². The molecule has 1 N–H and O–H groups in total. The number of thiocarbonyl (C=S) groups is 1. The van der Waals surface area contributed by atoms with E-state index in [0.717, 1.165) is 16.9 Å². The van der Waals surface area contributed by atoms with Crippen LogP contribution in [0.3, 0.4) is 0 Å². The molecule has 0 saturated carbocycles. The zero-order valence-electron chi connectivity index (χ0n) is 17.3. The minimum Gasteiger partial charge on any atom is -0.457 e. The van der Waals surface area contributed by atoms with Gasteiger partial charge in [0.2, 0.25) is 5.91 Å². The second-order valence-electron chi connectivity index (χ2n) is 7.17. The molecule has 0 radical (unpaired) electrons. The average Bonchev–Trinajstić information content (AvgIpc) is 3.03. The molecular weight excluding hydrogens is 440 g/mol. The van der Waals surface area contributed by atoms with Crippen LogP contribution in [0.15, 0.2) is 83.8 Å². The molecule has 0 unspecified atom stereocenters. The normalized spacial score (nSPS) is 14.7. The number of ether oxygens (including phenoxy) is 1. The van der Waals surface area contributed by atoms with Gasteiger partial charge in [-0.05, 0) is 55.0 Å². The van der Waals surface area contributed by atoms with E-state index in [4.69, 9.17) is 17.0 Å². The second-order valence-corrected chi connectivity index (χ2v) is 8.85. The third kappa shape index (κ3) is 5.43. The lowest BCUT2D eigenvalue weighted by atomic mass is 10.2. The Labute approximate surface area is 196 Å². The van der Waals surface area contributed by atoms with Crippen LogP contribution in [0, 0.1) is 6.92 Å². The maximum Gasteiger partial charge on any atom is 0.266 e. The van der Waals surface area contributed by atoms with E-state index in [-0.39, 0.29) is 18.4 Å². The zero-order chi connectivity index (χ0) is 22.5. The number of amides is 2. The molecule has 1 saturated heterocycles. The lowest BCUT2D eigenvalue weighted by Crippen LogP contribution is -2.36. The summed E-state index contributed by atoms with van der Waals surface area (Å²) < 4.78 is 6.22. The topological polar surface area (TPSA) is 58.6 Å². The van der Waals surface area contributed by atoms with Gasteiger partial charge in [0.1, 0.15) is 22.4 Å². The summed E-state index contributed by atoms with van der Waals surface area (Å²) in [5.41, 5.74) is 2.59. The minimum atomic E-state index is -0.301. The number of carbonyl (C=O) groups excluding carboxylic acids is 2. The molecule has 4 rings (SSSR count). The maximum atomic E-state index is 12.9. The number of carbonyl (C=O) groups is 2. The number of nitrogens with zero attached hydrogens (tertiary/aromatic N) is 1. The van der Waals surface area contributed by atoms with E-state index >= 15 is 0 Å². The highest BCUT2D eigenvalue weighted by atomic mass is 32.2. The van der Waals surface area contributed by atoms with Crippen LogP contribution in [0.25, 0.3) is 6.08 Å². The number of hydrogen-bond acceptors (Lipinski definition) is 5. The monoisotopic (exact) mass is 460 g/mol.